The molecule has 0 aromatic carbocycles. The molecular weight excluding hydrogens is 232 g/mol. The van der Waals surface area contributed by atoms with Crippen molar-refractivity contribution >= 4 is 28.3 Å². The molecule has 3 rings (SSSR count). The largest absolute Gasteiger partial charge is 0.369 e. The number of thiophene rings is 1. The van der Waals surface area contributed by atoms with Crippen molar-refractivity contribution in [2.24, 2.45) is 0 Å². The molecule has 0 fully saturated rings. The number of pyridine rings is 1. The van der Waals surface area contributed by atoms with E-state index in [0.29, 0.717) is 5.95 Å². The molecule has 2 N–H and O–H groups in total. The van der Waals surface area contributed by atoms with Crippen LogP contribution in [0.25, 0.3) is 11.0 Å². The molecule has 0 radical (unpaired) electrons. The predicted molar refractivity (Wildman–Crippen MR) is 70.1 cm³/mol. The van der Waals surface area contributed by atoms with E-state index in [1.165, 1.54) is 11.1 Å². The van der Waals surface area contributed by atoms with Gasteiger partial charge in [0.15, 0.2) is 0 Å². The van der Waals surface area contributed by atoms with E-state index in [2.05, 4.69) is 27.7 Å². The predicted octanol–water partition coefficient (Wildman–Crippen LogP) is 2.43. The molecule has 0 aliphatic heterocycles. The SMILES string of the molecule is Cc1cscc1Cn1c(N)nc2cnccc21. The fraction of sp³-hybridized carbons (Fsp3) is 0.167. The minimum absolute atomic E-state index is 0.540. The molecule has 3 aromatic rings. The third-order valence-electron chi connectivity index (χ3n) is 2.87. The van der Waals surface area contributed by atoms with Gasteiger partial charge in [0.05, 0.1) is 18.3 Å². The number of nitrogen functional groups attached to an aromatic ring is 1. The highest BCUT2D eigenvalue weighted by Gasteiger charge is 2.09. The molecule has 0 saturated heterocycles. The molecule has 3 aromatic heterocycles. The van der Waals surface area contributed by atoms with Gasteiger partial charge < -0.3 is 10.3 Å². The average molecular weight is 244 g/mol. The van der Waals surface area contributed by atoms with Crippen molar-refractivity contribution in [3.63, 3.8) is 0 Å². The van der Waals surface area contributed by atoms with Crippen molar-refractivity contribution in [3.8, 4) is 0 Å². The number of fused-ring (bicyclic) bond motifs is 1. The smallest absolute Gasteiger partial charge is 0.201 e. The lowest BCUT2D eigenvalue weighted by Crippen LogP contribution is -2.04. The Hall–Kier alpha value is -1.88. The lowest BCUT2D eigenvalue weighted by atomic mass is 10.2. The van der Waals surface area contributed by atoms with Crippen LogP contribution in [-0.4, -0.2) is 14.5 Å². The molecule has 0 spiro atoms. The maximum Gasteiger partial charge on any atom is 0.201 e. The monoisotopic (exact) mass is 244 g/mol. The van der Waals surface area contributed by atoms with Crippen molar-refractivity contribution in [3.05, 3.63) is 40.3 Å². The first kappa shape index (κ1) is 10.3. The second-order valence-electron chi connectivity index (χ2n) is 4.00. The van der Waals surface area contributed by atoms with E-state index in [4.69, 9.17) is 5.73 Å². The number of rotatable bonds is 2. The van der Waals surface area contributed by atoms with E-state index < -0.39 is 0 Å². The van der Waals surface area contributed by atoms with Gasteiger partial charge in [-0.3, -0.25) is 4.98 Å². The lowest BCUT2D eigenvalue weighted by molar-refractivity contribution is 0.836. The summed E-state index contributed by atoms with van der Waals surface area (Å²) >= 11 is 1.71. The molecular formula is C12H12N4S. The minimum Gasteiger partial charge on any atom is -0.369 e. The number of aromatic nitrogens is 3. The van der Waals surface area contributed by atoms with Crippen molar-refractivity contribution in [2.45, 2.75) is 13.5 Å². The maximum atomic E-state index is 5.95. The Morgan fingerprint density at radius 1 is 1.41 bits per heavy atom. The molecule has 86 valence electrons. The van der Waals surface area contributed by atoms with E-state index in [0.717, 1.165) is 17.6 Å². The van der Waals surface area contributed by atoms with E-state index in [1.54, 1.807) is 23.7 Å². The first-order chi connectivity index (χ1) is 8.25. The molecule has 5 heteroatoms. The summed E-state index contributed by atoms with van der Waals surface area (Å²) in [7, 11) is 0. The molecule has 0 saturated carbocycles. The van der Waals surface area contributed by atoms with Crippen LogP contribution in [-0.2, 0) is 6.54 Å². The molecule has 0 aliphatic rings. The summed E-state index contributed by atoms with van der Waals surface area (Å²) in [5.41, 5.74) is 10.4. The first-order valence-corrected chi connectivity index (χ1v) is 6.27. The summed E-state index contributed by atoms with van der Waals surface area (Å²) in [6, 6.07) is 1.94. The Labute approximate surface area is 103 Å². The third-order valence-corrected chi connectivity index (χ3v) is 3.78. The lowest BCUT2D eigenvalue weighted by Gasteiger charge is -2.05. The Morgan fingerprint density at radius 3 is 3.06 bits per heavy atom. The minimum atomic E-state index is 0.540. The van der Waals surface area contributed by atoms with Crippen molar-refractivity contribution < 1.29 is 0 Å². The number of nitrogens with zero attached hydrogens (tertiary/aromatic N) is 3. The van der Waals surface area contributed by atoms with Crippen molar-refractivity contribution in [1.29, 1.82) is 0 Å². The van der Waals surface area contributed by atoms with Gasteiger partial charge in [-0.2, -0.15) is 11.3 Å². The van der Waals surface area contributed by atoms with Crippen LogP contribution in [0.1, 0.15) is 11.1 Å². The van der Waals surface area contributed by atoms with Gasteiger partial charge >= 0.3 is 0 Å². The van der Waals surface area contributed by atoms with Gasteiger partial charge in [-0.05, 0) is 34.9 Å². The summed E-state index contributed by atoms with van der Waals surface area (Å²) in [6.45, 7) is 2.88. The zero-order valence-electron chi connectivity index (χ0n) is 9.42. The Bertz CT molecular complexity index is 668. The summed E-state index contributed by atoms with van der Waals surface area (Å²) in [5.74, 6) is 0.540. The van der Waals surface area contributed by atoms with Crippen LogP contribution < -0.4 is 5.73 Å². The van der Waals surface area contributed by atoms with E-state index in [-0.39, 0.29) is 0 Å². The van der Waals surface area contributed by atoms with Crippen molar-refractivity contribution in [1.82, 2.24) is 14.5 Å². The summed E-state index contributed by atoms with van der Waals surface area (Å²) in [4.78, 5) is 8.36. The molecule has 0 aliphatic carbocycles. The fourth-order valence-corrected chi connectivity index (χ4v) is 2.73. The molecule has 3 heterocycles. The summed E-state index contributed by atoms with van der Waals surface area (Å²) in [5, 5.41) is 4.30. The van der Waals surface area contributed by atoms with Crippen LogP contribution >= 0.6 is 11.3 Å². The molecule has 4 nitrogen and oxygen atoms in total. The van der Waals surface area contributed by atoms with Crippen LogP contribution in [0.2, 0.25) is 0 Å². The van der Waals surface area contributed by atoms with Crippen LogP contribution in [0, 0.1) is 6.92 Å². The summed E-state index contributed by atoms with van der Waals surface area (Å²) < 4.78 is 2.02. The normalized spacial score (nSPS) is 11.1. The van der Waals surface area contributed by atoms with E-state index in [9.17, 15) is 0 Å². The summed E-state index contributed by atoms with van der Waals surface area (Å²) in [6.07, 6.45) is 3.50. The van der Waals surface area contributed by atoms with Gasteiger partial charge in [-0.15, -0.1) is 0 Å². The zero-order valence-corrected chi connectivity index (χ0v) is 10.2. The number of hydrogen-bond donors (Lipinski definition) is 1. The Morgan fingerprint density at radius 2 is 2.29 bits per heavy atom. The van der Waals surface area contributed by atoms with Crippen molar-refractivity contribution in [2.75, 3.05) is 5.73 Å². The topological polar surface area (TPSA) is 56.7 Å². The molecule has 0 unspecified atom stereocenters. The van der Waals surface area contributed by atoms with Crippen LogP contribution in [0.15, 0.2) is 29.2 Å². The number of hydrogen-bond acceptors (Lipinski definition) is 4. The molecule has 0 atom stereocenters. The fourth-order valence-electron chi connectivity index (χ4n) is 1.89. The average Bonchev–Trinajstić information content (AvgIpc) is 2.85. The van der Waals surface area contributed by atoms with E-state index in [1.807, 2.05) is 10.6 Å². The van der Waals surface area contributed by atoms with Gasteiger partial charge in [-0.25, -0.2) is 4.98 Å². The van der Waals surface area contributed by atoms with Gasteiger partial charge in [0.25, 0.3) is 0 Å². The molecule has 17 heavy (non-hydrogen) atoms. The third kappa shape index (κ3) is 1.68. The maximum absolute atomic E-state index is 5.95. The standard InChI is InChI=1S/C12H12N4S/c1-8-6-17-7-9(8)5-16-11-2-3-14-4-10(11)15-12(16)13/h2-4,6-7H,5H2,1H3,(H2,13,15). The Balaban J connectivity index is 2.11. The van der Waals surface area contributed by atoms with Gasteiger partial charge in [0.2, 0.25) is 5.95 Å². The van der Waals surface area contributed by atoms with E-state index >= 15 is 0 Å². The molecule has 0 bridgehead atoms. The van der Waals surface area contributed by atoms with Gasteiger partial charge in [0.1, 0.15) is 5.52 Å². The van der Waals surface area contributed by atoms with Gasteiger partial charge in [-0.1, -0.05) is 0 Å². The van der Waals surface area contributed by atoms with Crippen LogP contribution in [0.5, 0.6) is 0 Å². The number of nitrogens with two attached hydrogens (primary N) is 1. The quantitative estimate of drug-likeness (QED) is 0.753. The highest BCUT2D eigenvalue weighted by molar-refractivity contribution is 7.08. The number of aryl methyl sites for hydroxylation is 1. The van der Waals surface area contributed by atoms with Gasteiger partial charge in [0, 0.05) is 6.20 Å². The Kier molecular flexibility index (Phi) is 2.33. The highest BCUT2D eigenvalue weighted by Crippen LogP contribution is 2.21. The van der Waals surface area contributed by atoms with Crippen LogP contribution in [0.4, 0.5) is 5.95 Å². The highest BCUT2D eigenvalue weighted by atomic mass is 32.1. The molecule has 0 amide bonds. The number of imidazole rings is 1. The van der Waals surface area contributed by atoms with Crippen LogP contribution in [0.3, 0.4) is 0 Å². The first-order valence-electron chi connectivity index (χ1n) is 5.33. The second-order valence-corrected chi connectivity index (χ2v) is 4.74. The second kappa shape index (κ2) is 3.85. The zero-order chi connectivity index (χ0) is 11.8. The number of anilines is 1.